The molecule has 0 bridgehead atoms. The van der Waals surface area contributed by atoms with Gasteiger partial charge in [-0.1, -0.05) is 6.42 Å². The summed E-state index contributed by atoms with van der Waals surface area (Å²) < 4.78 is 13.7. The summed E-state index contributed by atoms with van der Waals surface area (Å²) in [7, 11) is 0. The van der Waals surface area contributed by atoms with Crippen molar-refractivity contribution >= 4 is 11.4 Å². The van der Waals surface area contributed by atoms with Gasteiger partial charge in [-0.3, -0.25) is 10.1 Å². The first-order chi connectivity index (χ1) is 8.66. The molecule has 1 aromatic carbocycles. The minimum atomic E-state index is -0.597. The van der Waals surface area contributed by atoms with Gasteiger partial charge in [0.25, 0.3) is 5.69 Å². The fourth-order valence-electron chi connectivity index (χ4n) is 2.10. The van der Waals surface area contributed by atoms with Gasteiger partial charge in [-0.2, -0.15) is 0 Å². The lowest BCUT2D eigenvalue weighted by atomic mass is 10.1. The van der Waals surface area contributed by atoms with Crippen molar-refractivity contribution in [3.05, 3.63) is 34.1 Å². The molecule has 1 aromatic rings. The smallest absolute Gasteiger partial charge is 0.272 e. The average Bonchev–Trinajstić information content (AvgIpc) is 2.60. The Morgan fingerprint density at radius 2 is 2.28 bits per heavy atom. The Kier molecular flexibility index (Phi) is 4.09. The van der Waals surface area contributed by atoms with Crippen LogP contribution in [0.3, 0.4) is 0 Å². The molecule has 1 atom stereocenters. The molecule has 6 heteroatoms. The van der Waals surface area contributed by atoms with E-state index in [1.54, 1.807) is 0 Å². The number of benzene rings is 1. The molecule has 1 fully saturated rings. The Balaban J connectivity index is 2.06. The van der Waals surface area contributed by atoms with Crippen LogP contribution in [-0.4, -0.2) is 24.1 Å². The number of halogens is 1. The van der Waals surface area contributed by atoms with E-state index in [0.29, 0.717) is 5.69 Å². The van der Waals surface area contributed by atoms with Crippen molar-refractivity contribution in [2.75, 3.05) is 18.4 Å². The highest BCUT2D eigenvalue weighted by Gasteiger charge is 2.15. The van der Waals surface area contributed by atoms with Crippen molar-refractivity contribution in [2.45, 2.75) is 25.3 Å². The van der Waals surface area contributed by atoms with Gasteiger partial charge in [-0.15, -0.1) is 0 Å². The zero-order valence-electron chi connectivity index (χ0n) is 9.99. The number of nitro groups is 1. The first-order valence-corrected chi connectivity index (χ1v) is 6.08. The molecule has 2 N–H and O–H groups in total. The first kappa shape index (κ1) is 12.8. The summed E-state index contributed by atoms with van der Waals surface area (Å²) in [4.78, 5) is 9.91. The summed E-state index contributed by atoms with van der Waals surface area (Å²) in [6, 6.07) is 3.86. The molecule has 1 aliphatic heterocycles. The SMILES string of the molecule is O=[N+]([O-])c1ccc(NC2CCCCNC2)c(F)c1. The second-order valence-electron chi connectivity index (χ2n) is 4.46. The van der Waals surface area contributed by atoms with Crippen LogP contribution in [0.4, 0.5) is 15.8 Å². The highest BCUT2D eigenvalue weighted by Crippen LogP contribution is 2.22. The maximum absolute atomic E-state index is 13.7. The number of anilines is 1. The van der Waals surface area contributed by atoms with Gasteiger partial charge in [-0.25, -0.2) is 4.39 Å². The minimum absolute atomic E-state index is 0.170. The van der Waals surface area contributed by atoms with E-state index in [-0.39, 0.29) is 11.7 Å². The highest BCUT2D eigenvalue weighted by atomic mass is 19.1. The van der Waals surface area contributed by atoms with Crippen molar-refractivity contribution in [2.24, 2.45) is 0 Å². The summed E-state index contributed by atoms with van der Waals surface area (Å²) >= 11 is 0. The van der Waals surface area contributed by atoms with E-state index in [1.165, 1.54) is 12.1 Å². The summed E-state index contributed by atoms with van der Waals surface area (Å²) in [6.45, 7) is 1.78. The number of hydrogen-bond acceptors (Lipinski definition) is 4. The van der Waals surface area contributed by atoms with Crippen molar-refractivity contribution < 1.29 is 9.31 Å². The van der Waals surface area contributed by atoms with E-state index in [9.17, 15) is 14.5 Å². The van der Waals surface area contributed by atoms with Crippen molar-refractivity contribution in [3.63, 3.8) is 0 Å². The average molecular weight is 253 g/mol. The maximum Gasteiger partial charge on any atom is 0.272 e. The van der Waals surface area contributed by atoms with E-state index in [4.69, 9.17) is 0 Å². The summed E-state index contributed by atoms with van der Waals surface area (Å²) in [5, 5.41) is 16.9. The molecular formula is C12H16FN3O2. The molecule has 1 saturated heterocycles. The van der Waals surface area contributed by atoms with Crippen LogP contribution in [0.5, 0.6) is 0 Å². The van der Waals surface area contributed by atoms with Gasteiger partial charge in [-0.05, 0) is 25.5 Å². The highest BCUT2D eigenvalue weighted by molar-refractivity contribution is 5.50. The number of rotatable bonds is 3. The number of nitrogens with one attached hydrogen (secondary N) is 2. The monoisotopic (exact) mass is 253 g/mol. The van der Waals surface area contributed by atoms with Gasteiger partial charge in [0.15, 0.2) is 5.82 Å². The third-order valence-electron chi connectivity index (χ3n) is 3.07. The van der Waals surface area contributed by atoms with Gasteiger partial charge >= 0.3 is 0 Å². The second-order valence-corrected chi connectivity index (χ2v) is 4.46. The molecule has 0 amide bonds. The van der Waals surface area contributed by atoms with Gasteiger partial charge in [0.2, 0.25) is 0 Å². The lowest BCUT2D eigenvalue weighted by Gasteiger charge is -2.18. The third-order valence-corrected chi connectivity index (χ3v) is 3.07. The Morgan fingerprint density at radius 1 is 1.44 bits per heavy atom. The lowest BCUT2D eigenvalue weighted by Crippen LogP contribution is -2.31. The Labute approximate surface area is 105 Å². The van der Waals surface area contributed by atoms with Crippen molar-refractivity contribution in [1.82, 2.24) is 5.32 Å². The molecular weight excluding hydrogens is 237 g/mol. The standard InChI is InChI=1S/C12H16FN3O2/c13-11-7-10(16(17)18)4-5-12(11)15-9-3-1-2-6-14-8-9/h4-5,7,9,14-15H,1-3,6,8H2. The van der Waals surface area contributed by atoms with E-state index in [0.717, 1.165) is 38.4 Å². The van der Waals surface area contributed by atoms with E-state index in [2.05, 4.69) is 10.6 Å². The molecule has 1 heterocycles. The van der Waals surface area contributed by atoms with Crippen LogP contribution in [0, 0.1) is 15.9 Å². The van der Waals surface area contributed by atoms with Crippen molar-refractivity contribution in [1.29, 1.82) is 0 Å². The molecule has 5 nitrogen and oxygen atoms in total. The van der Waals surface area contributed by atoms with Crippen LogP contribution in [0.15, 0.2) is 18.2 Å². The predicted octanol–water partition coefficient (Wildman–Crippen LogP) is 2.29. The molecule has 0 aliphatic carbocycles. The van der Waals surface area contributed by atoms with Crippen LogP contribution in [0.2, 0.25) is 0 Å². The number of nitro benzene ring substituents is 1. The Morgan fingerprint density at radius 3 is 3.00 bits per heavy atom. The fourth-order valence-corrected chi connectivity index (χ4v) is 2.10. The first-order valence-electron chi connectivity index (χ1n) is 6.08. The summed E-state index contributed by atoms with van der Waals surface area (Å²) in [6.07, 6.45) is 3.20. The minimum Gasteiger partial charge on any atom is -0.379 e. The summed E-state index contributed by atoms with van der Waals surface area (Å²) in [5.74, 6) is -0.576. The molecule has 0 saturated carbocycles. The molecule has 1 unspecified atom stereocenters. The molecule has 18 heavy (non-hydrogen) atoms. The van der Waals surface area contributed by atoms with Crippen LogP contribution < -0.4 is 10.6 Å². The van der Waals surface area contributed by atoms with Gasteiger partial charge in [0.05, 0.1) is 16.7 Å². The number of nitrogens with zero attached hydrogens (tertiary/aromatic N) is 1. The lowest BCUT2D eigenvalue weighted by molar-refractivity contribution is -0.385. The molecule has 2 rings (SSSR count). The van der Waals surface area contributed by atoms with Crippen LogP contribution in [0.1, 0.15) is 19.3 Å². The third kappa shape index (κ3) is 3.16. The normalized spacial score (nSPS) is 20.2. The zero-order chi connectivity index (χ0) is 13.0. The van der Waals surface area contributed by atoms with Gasteiger partial charge in [0, 0.05) is 18.7 Å². The van der Waals surface area contributed by atoms with Crippen molar-refractivity contribution in [3.8, 4) is 0 Å². The van der Waals surface area contributed by atoms with E-state index < -0.39 is 10.7 Å². The molecule has 98 valence electrons. The van der Waals surface area contributed by atoms with Crippen LogP contribution in [-0.2, 0) is 0 Å². The Hall–Kier alpha value is -1.69. The topological polar surface area (TPSA) is 67.2 Å². The number of non-ortho nitro benzene ring substituents is 1. The molecule has 1 aliphatic rings. The van der Waals surface area contributed by atoms with Gasteiger partial charge < -0.3 is 10.6 Å². The fraction of sp³-hybridized carbons (Fsp3) is 0.500. The second kappa shape index (κ2) is 5.77. The molecule has 0 spiro atoms. The molecule has 0 radical (unpaired) electrons. The maximum atomic E-state index is 13.7. The van der Waals surface area contributed by atoms with Crippen LogP contribution >= 0.6 is 0 Å². The quantitative estimate of drug-likeness (QED) is 0.640. The predicted molar refractivity (Wildman–Crippen MR) is 67.2 cm³/mol. The summed E-state index contributed by atoms with van der Waals surface area (Å²) in [5.41, 5.74) is 0.103. The molecule has 0 aromatic heterocycles. The van der Waals surface area contributed by atoms with E-state index >= 15 is 0 Å². The largest absolute Gasteiger partial charge is 0.379 e. The van der Waals surface area contributed by atoms with E-state index in [1.807, 2.05) is 0 Å². The van der Waals surface area contributed by atoms with Gasteiger partial charge in [0.1, 0.15) is 0 Å². The van der Waals surface area contributed by atoms with Crippen LogP contribution in [0.25, 0.3) is 0 Å². The zero-order valence-corrected chi connectivity index (χ0v) is 9.99. The Bertz CT molecular complexity index is 431. The number of hydrogen-bond donors (Lipinski definition) is 2.